The lowest BCUT2D eigenvalue weighted by molar-refractivity contribution is -0.144. The van der Waals surface area contributed by atoms with E-state index in [9.17, 15) is 14.4 Å². The lowest BCUT2D eigenvalue weighted by Gasteiger charge is -2.23. The summed E-state index contributed by atoms with van der Waals surface area (Å²) in [6, 6.07) is 5.17. The van der Waals surface area contributed by atoms with Crippen LogP contribution in [-0.2, 0) is 14.4 Å². The van der Waals surface area contributed by atoms with Gasteiger partial charge in [0.1, 0.15) is 6.54 Å². The third kappa shape index (κ3) is 3.39. The number of anilines is 1. The molecule has 0 spiro atoms. The van der Waals surface area contributed by atoms with Gasteiger partial charge in [0.15, 0.2) is 0 Å². The van der Waals surface area contributed by atoms with E-state index >= 15 is 0 Å². The first-order chi connectivity index (χ1) is 10.8. The van der Waals surface area contributed by atoms with E-state index in [1.807, 2.05) is 20.8 Å². The lowest BCUT2D eigenvalue weighted by Crippen LogP contribution is -2.40. The molecule has 1 heterocycles. The van der Waals surface area contributed by atoms with Crippen LogP contribution in [0.1, 0.15) is 38.7 Å². The number of aryl methyl sites for hydroxylation is 1. The standard InChI is InChI=1S/C17H21ClN2O3/c1-4-17(5-2)9-15(22)20(16(17)23)10-14(21)19-12-7-6-11(3)13(18)8-12/h6-8H,4-5,9-10H2,1-3H3,(H,19,21). The van der Waals surface area contributed by atoms with Crippen molar-refractivity contribution in [3.05, 3.63) is 28.8 Å². The largest absolute Gasteiger partial charge is 0.324 e. The maximum atomic E-state index is 12.5. The Labute approximate surface area is 141 Å². The maximum Gasteiger partial charge on any atom is 0.244 e. The minimum atomic E-state index is -0.648. The Morgan fingerprint density at radius 2 is 1.96 bits per heavy atom. The number of carbonyl (C=O) groups excluding carboxylic acids is 3. The van der Waals surface area contributed by atoms with Crippen LogP contribution in [0.5, 0.6) is 0 Å². The van der Waals surface area contributed by atoms with E-state index < -0.39 is 11.3 Å². The van der Waals surface area contributed by atoms with Gasteiger partial charge in [-0.15, -0.1) is 0 Å². The SMILES string of the molecule is CCC1(CC)CC(=O)N(CC(=O)Nc2ccc(C)c(Cl)c2)C1=O. The third-order valence-corrected chi connectivity index (χ3v) is 5.01. The van der Waals surface area contributed by atoms with Gasteiger partial charge >= 0.3 is 0 Å². The molecule has 1 aromatic rings. The van der Waals surface area contributed by atoms with Crippen molar-refractivity contribution in [3.63, 3.8) is 0 Å². The molecule has 0 saturated carbocycles. The minimum absolute atomic E-state index is 0.183. The zero-order valence-electron chi connectivity index (χ0n) is 13.6. The highest BCUT2D eigenvalue weighted by Gasteiger charge is 2.49. The number of likely N-dealkylation sites (tertiary alicyclic amines) is 1. The Bertz CT molecular complexity index is 653. The highest BCUT2D eigenvalue weighted by Crippen LogP contribution is 2.39. The quantitative estimate of drug-likeness (QED) is 0.840. The van der Waals surface area contributed by atoms with Crippen LogP contribution in [0, 0.1) is 12.3 Å². The van der Waals surface area contributed by atoms with Crippen LogP contribution in [0.2, 0.25) is 5.02 Å². The first-order valence-electron chi connectivity index (χ1n) is 7.73. The molecule has 1 saturated heterocycles. The topological polar surface area (TPSA) is 66.5 Å². The van der Waals surface area contributed by atoms with E-state index in [0.29, 0.717) is 23.6 Å². The van der Waals surface area contributed by atoms with Crippen molar-refractivity contribution >= 4 is 35.0 Å². The number of carbonyl (C=O) groups is 3. The van der Waals surface area contributed by atoms with Crippen LogP contribution in [0.15, 0.2) is 18.2 Å². The van der Waals surface area contributed by atoms with Gasteiger partial charge in [0.25, 0.3) is 0 Å². The third-order valence-electron chi connectivity index (χ3n) is 4.60. The number of hydrogen-bond acceptors (Lipinski definition) is 3. The molecule has 6 heteroatoms. The summed E-state index contributed by atoms with van der Waals surface area (Å²) in [5, 5.41) is 3.22. The lowest BCUT2D eigenvalue weighted by atomic mass is 9.81. The fourth-order valence-electron chi connectivity index (χ4n) is 2.84. The van der Waals surface area contributed by atoms with E-state index in [4.69, 9.17) is 11.6 Å². The Hall–Kier alpha value is -1.88. The van der Waals surface area contributed by atoms with E-state index in [1.54, 1.807) is 18.2 Å². The molecule has 1 aromatic carbocycles. The highest BCUT2D eigenvalue weighted by molar-refractivity contribution is 6.31. The monoisotopic (exact) mass is 336 g/mol. The molecule has 0 unspecified atom stereocenters. The summed E-state index contributed by atoms with van der Waals surface area (Å²) in [6.45, 7) is 5.40. The molecule has 124 valence electrons. The summed E-state index contributed by atoms with van der Waals surface area (Å²) in [7, 11) is 0. The van der Waals surface area contributed by atoms with Crippen LogP contribution in [0.3, 0.4) is 0 Å². The van der Waals surface area contributed by atoms with Gasteiger partial charge in [-0.05, 0) is 37.5 Å². The molecule has 0 aromatic heterocycles. The molecule has 0 aliphatic carbocycles. The molecule has 1 N–H and O–H groups in total. The van der Waals surface area contributed by atoms with Crippen LogP contribution >= 0.6 is 11.6 Å². The number of benzene rings is 1. The molecule has 1 aliphatic heterocycles. The first-order valence-corrected chi connectivity index (χ1v) is 8.11. The Morgan fingerprint density at radius 1 is 1.30 bits per heavy atom. The molecule has 3 amide bonds. The van der Waals surface area contributed by atoms with Crippen molar-refractivity contribution in [1.82, 2.24) is 4.90 Å². The van der Waals surface area contributed by atoms with Crippen molar-refractivity contribution < 1.29 is 14.4 Å². The Kier molecular flexibility index (Phi) is 5.09. The summed E-state index contributed by atoms with van der Waals surface area (Å²) in [4.78, 5) is 37.8. The number of nitrogens with zero attached hydrogens (tertiary/aromatic N) is 1. The Morgan fingerprint density at radius 3 is 2.48 bits per heavy atom. The van der Waals surface area contributed by atoms with E-state index in [2.05, 4.69) is 5.32 Å². The molecule has 0 bridgehead atoms. The fraction of sp³-hybridized carbons (Fsp3) is 0.471. The predicted molar refractivity (Wildman–Crippen MR) is 89.2 cm³/mol. The summed E-state index contributed by atoms with van der Waals surface area (Å²) in [5.41, 5.74) is 0.803. The van der Waals surface area contributed by atoms with Crippen molar-refractivity contribution in [1.29, 1.82) is 0 Å². The Balaban J connectivity index is 2.06. The van der Waals surface area contributed by atoms with Crippen LogP contribution in [-0.4, -0.2) is 29.2 Å². The zero-order chi connectivity index (χ0) is 17.2. The number of rotatable bonds is 5. The predicted octanol–water partition coefficient (Wildman–Crippen LogP) is 3.15. The normalized spacial score (nSPS) is 16.8. The molecular weight excluding hydrogens is 316 g/mol. The summed E-state index contributed by atoms with van der Waals surface area (Å²) < 4.78 is 0. The number of amides is 3. The molecule has 23 heavy (non-hydrogen) atoms. The second-order valence-corrected chi connectivity index (χ2v) is 6.37. The summed E-state index contributed by atoms with van der Waals surface area (Å²) >= 11 is 6.02. The molecular formula is C17H21ClN2O3. The highest BCUT2D eigenvalue weighted by atomic mass is 35.5. The smallest absolute Gasteiger partial charge is 0.244 e. The van der Waals surface area contributed by atoms with Gasteiger partial charge in [0, 0.05) is 17.1 Å². The van der Waals surface area contributed by atoms with Gasteiger partial charge in [-0.25, -0.2) is 0 Å². The van der Waals surface area contributed by atoms with Gasteiger partial charge < -0.3 is 5.32 Å². The van der Waals surface area contributed by atoms with Crippen molar-refractivity contribution in [2.24, 2.45) is 5.41 Å². The summed E-state index contributed by atoms with van der Waals surface area (Å²) in [6.07, 6.45) is 1.38. The van der Waals surface area contributed by atoms with Crippen LogP contribution in [0.25, 0.3) is 0 Å². The van der Waals surface area contributed by atoms with Crippen molar-refractivity contribution in [3.8, 4) is 0 Å². The molecule has 2 rings (SSSR count). The van der Waals surface area contributed by atoms with Crippen LogP contribution < -0.4 is 5.32 Å². The van der Waals surface area contributed by atoms with E-state index in [1.165, 1.54) is 0 Å². The summed E-state index contributed by atoms with van der Waals surface area (Å²) in [5.74, 6) is -0.935. The number of hydrogen-bond donors (Lipinski definition) is 1. The van der Waals surface area contributed by atoms with E-state index in [-0.39, 0.29) is 24.8 Å². The minimum Gasteiger partial charge on any atom is -0.324 e. The second kappa shape index (κ2) is 6.71. The van der Waals surface area contributed by atoms with Gasteiger partial charge in [-0.3, -0.25) is 19.3 Å². The zero-order valence-corrected chi connectivity index (χ0v) is 14.4. The molecule has 5 nitrogen and oxygen atoms in total. The molecule has 1 aliphatic rings. The van der Waals surface area contributed by atoms with Crippen molar-refractivity contribution in [2.45, 2.75) is 40.0 Å². The molecule has 1 fully saturated rings. The van der Waals surface area contributed by atoms with Gasteiger partial charge in [-0.1, -0.05) is 31.5 Å². The van der Waals surface area contributed by atoms with Crippen molar-refractivity contribution in [2.75, 3.05) is 11.9 Å². The number of halogens is 1. The van der Waals surface area contributed by atoms with Gasteiger partial charge in [0.2, 0.25) is 17.7 Å². The fourth-order valence-corrected chi connectivity index (χ4v) is 3.02. The maximum absolute atomic E-state index is 12.5. The van der Waals surface area contributed by atoms with Gasteiger partial charge in [0.05, 0.1) is 5.41 Å². The van der Waals surface area contributed by atoms with Crippen LogP contribution in [0.4, 0.5) is 5.69 Å². The number of nitrogens with one attached hydrogen (secondary N) is 1. The van der Waals surface area contributed by atoms with E-state index in [0.717, 1.165) is 10.5 Å². The second-order valence-electron chi connectivity index (χ2n) is 5.96. The average Bonchev–Trinajstić information content (AvgIpc) is 2.75. The average molecular weight is 337 g/mol. The molecule has 0 atom stereocenters. The van der Waals surface area contributed by atoms with Gasteiger partial charge in [-0.2, -0.15) is 0 Å². The number of imide groups is 1. The first kappa shape index (κ1) is 17.5. The molecule has 0 radical (unpaired) electrons.